The minimum absolute atomic E-state index is 0.0595. The third kappa shape index (κ3) is 11.9. The Morgan fingerprint density at radius 3 is 2.44 bits per heavy atom. The molecule has 0 bridgehead atoms. The van der Waals surface area contributed by atoms with Crippen LogP contribution < -0.4 is 5.32 Å². The van der Waals surface area contributed by atoms with Gasteiger partial charge in [-0.15, -0.1) is 0 Å². The maximum absolute atomic E-state index is 11.1. The molecule has 1 atom stereocenters. The Kier molecular flexibility index (Phi) is 11.2. The van der Waals surface area contributed by atoms with Crippen LogP contribution in [-0.2, 0) is 9.53 Å². The second-order valence-electron chi connectivity index (χ2n) is 5.44. The van der Waals surface area contributed by atoms with Crippen LogP contribution in [0.25, 0.3) is 0 Å². The maximum atomic E-state index is 11.1. The van der Waals surface area contributed by atoms with E-state index in [9.17, 15) is 4.79 Å². The van der Waals surface area contributed by atoms with Crippen LogP contribution in [0.4, 0.5) is 0 Å². The van der Waals surface area contributed by atoms with Crippen molar-refractivity contribution in [2.45, 2.75) is 72.3 Å². The fourth-order valence-electron chi connectivity index (χ4n) is 1.84. The summed E-state index contributed by atoms with van der Waals surface area (Å²) < 4.78 is 4.89. The van der Waals surface area contributed by atoms with E-state index < -0.39 is 0 Å². The molecule has 3 nitrogen and oxygen atoms in total. The topological polar surface area (TPSA) is 38.3 Å². The second-order valence-corrected chi connectivity index (χ2v) is 5.44. The van der Waals surface area contributed by atoms with Crippen LogP contribution in [0.3, 0.4) is 0 Å². The number of nitrogens with one attached hydrogen (secondary N) is 1. The summed E-state index contributed by atoms with van der Waals surface area (Å²) in [5.74, 6) is 0.731. The standard InChI is InChI=1S/C15H31NO2/c1-5-18-15(17)9-7-6-8-12-16-14(4)11-10-13(2)3/h13-14,16H,5-12H2,1-4H3. The summed E-state index contributed by atoms with van der Waals surface area (Å²) in [6.07, 6.45) is 6.29. The zero-order chi connectivity index (χ0) is 13.8. The first-order chi connectivity index (χ1) is 8.56. The minimum atomic E-state index is -0.0595. The van der Waals surface area contributed by atoms with Gasteiger partial charge in [0, 0.05) is 12.5 Å². The fraction of sp³-hybridized carbons (Fsp3) is 0.933. The van der Waals surface area contributed by atoms with Gasteiger partial charge in [-0.2, -0.15) is 0 Å². The van der Waals surface area contributed by atoms with Gasteiger partial charge in [0.15, 0.2) is 0 Å². The lowest BCUT2D eigenvalue weighted by molar-refractivity contribution is -0.143. The van der Waals surface area contributed by atoms with Crippen LogP contribution in [0.1, 0.15) is 66.2 Å². The van der Waals surface area contributed by atoms with Gasteiger partial charge in [-0.25, -0.2) is 0 Å². The molecule has 108 valence electrons. The summed E-state index contributed by atoms with van der Waals surface area (Å²) in [5, 5.41) is 3.54. The van der Waals surface area contributed by atoms with Crippen LogP contribution in [0.15, 0.2) is 0 Å². The Labute approximate surface area is 113 Å². The third-order valence-electron chi connectivity index (χ3n) is 3.03. The van der Waals surface area contributed by atoms with E-state index in [1.807, 2.05) is 6.92 Å². The predicted molar refractivity (Wildman–Crippen MR) is 76.6 cm³/mol. The van der Waals surface area contributed by atoms with Crippen molar-refractivity contribution in [2.75, 3.05) is 13.2 Å². The van der Waals surface area contributed by atoms with E-state index in [1.54, 1.807) is 0 Å². The molecule has 0 saturated carbocycles. The van der Waals surface area contributed by atoms with E-state index in [1.165, 1.54) is 12.8 Å². The fourth-order valence-corrected chi connectivity index (χ4v) is 1.84. The van der Waals surface area contributed by atoms with Crippen molar-refractivity contribution in [1.29, 1.82) is 0 Å². The lowest BCUT2D eigenvalue weighted by Crippen LogP contribution is -2.27. The first kappa shape index (κ1) is 17.4. The highest BCUT2D eigenvalue weighted by atomic mass is 16.5. The van der Waals surface area contributed by atoms with E-state index in [0.29, 0.717) is 19.1 Å². The zero-order valence-electron chi connectivity index (χ0n) is 12.6. The van der Waals surface area contributed by atoms with Crippen LogP contribution in [0.5, 0.6) is 0 Å². The highest BCUT2D eigenvalue weighted by Crippen LogP contribution is 2.07. The second kappa shape index (κ2) is 11.5. The predicted octanol–water partition coefficient (Wildman–Crippen LogP) is 3.52. The van der Waals surface area contributed by atoms with Gasteiger partial charge in [-0.3, -0.25) is 4.79 Å². The lowest BCUT2D eigenvalue weighted by Gasteiger charge is -2.14. The van der Waals surface area contributed by atoms with Crippen LogP contribution in [0.2, 0.25) is 0 Å². The largest absolute Gasteiger partial charge is 0.466 e. The average molecular weight is 257 g/mol. The van der Waals surface area contributed by atoms with E-state index in [4.69, 9.17) is 4.74 Å². The Bertz CT molecular complexity index is 205. The number of hydrogen-bond donors (Lipinski definition) is 1. The van der Waals surface area contributed by atoms with E-state index >= 15 is 0 Å². The summed E-state index contributed by atoms with van der Waals surface area (Å²) >= 11 is 0. The van der Waals surface area contributed by atoms with Crippen LogP contribution in [0, 0.1) is 5.92 Å². The van der Waals surface area contributed by atoms with Crippen LogP contribution >= 0.6 is 0 Å². The van der Waals surface area contributed by atoms with E-state index in [0.717, 1.165) is 31.7 Å². The first-order valence-electron chi connectivity index (χ1n) is 7.45. The molecule has 0 radical (unpaired) electrons. The summed E-state index contributed by atoms with van der Waals surface area (Å²) in [7, 11) is 0. The molecule has 1 N–H and O–H groups in total. The lowest BCUT2D eigenvalue weighted by atomic mass is 10.0. The van der Waals surface area contributed by atoms with Gasteiger partial charge in [0.05, 0.1) is 6.61 Å². The van der Waals surface area contributed by atoms with Gasteiger partial charge in [0.2, 0.25) is 0 Å². The van der Waals surface area contributed by atoms with Gasteiger partial charge in [0.25, 0.3) is 0 Å². The molecule has 0 aliphatic rings. The number of rotatable bonds is 11. The number of carbonyl (C=O) groups is 1. The molecular weight excluding hydrogens is 226 g/mol. The molecule has 0 heterocycles. The molecule has 0 aromatic carbocycles. The van der Waals surface area contributed by atoms with Crippen molar-refractivity contribution in [1.82, 2.24) is 5.32 Å². The normalized spacial score (nSPS) is 12.7. The minimum Gasteiger partial charge on any atom is -0.466 e. The number of hydrogen-bond acceptors (Lipinski definition) is 3. The van der Waals surface area contributed by atoms with Crippen molar-refractivity contribution in [3.05, 3.63) is 0 Å². The number of carbonyl (C=O) groups excluding carboxylic acids is 1. The van der Waals surface area contributed by atoms with Crippen molar-refractivity contribution in [2.24, 2.45) is 5.92 Å². The number of esters is 1. The first-order valence-corrected chi connectivity index (χ1v) is 7.45. The molecular formula is C15H31NO2. The number of unbranched alkanes of at least 4 members (excludes halogenated alkanes) is 2. The Balaban J connectivity index is 3.27. The zero-order valence-corrected chi connectivity index (χ0v) is 12.6. The van der Waals surface area contributed by atoms with Gasteiger partial charge < -0.3 is 10.1 Å². The highest BCUT2D eigenvalue weighted by molar-refractivity contribution is 5.69. The summed E-state index contributed by atoms with van der Waals surface area (Å²) in [5.41, 5.74) is 0. The molecule has 0 fully saturated rings. The van der Waals surface area contributed by atoms with E-state index in [2.05, 4.69) is 26.1 Å². The SMILES string of the molecule is CCOC(=O)CCCCCNC(C)CCC(C)C. The molecule has 0 rings (SSSR count). The quantitative estimate of drug-likeness (QED) is 0.454. The molecule has 18 heavy (non-hydrogen) atoms. The van der Waals surface area contributed by atoms with Crippen LogP contribution in [-0.4, -0.2) is 25.2 Å². The Morgan fingerprint density at radius 2 is 1.83 bits per heavy atom. The van der Waals surface area contributed by atoms with Gasteiger partial charge >= 0.3 is 5.97 Å². The highest BCUT2D eigenvalue weighted by Gasteiger charge is 2.03. The average Bonchev–Trinajstić information content (AvgIpc) is 2.31. The van der Waals surface area contributed by atoms with Crippen molar-refractivity contribution < 1.29 is 9.53 Å². The smallest absolute Gasteiger partial charge is 0.305 e. The molecule has 0 aromatic heterocycles. The Morgan fingerprint density at radius 1 is 1.11 bits per heavy atom. The summed E-state index contributed by atoms with van der Waals surface area (Å²) in [6.45, 7) is 10.2. The monoisotopic (exact) mass is 257 g/mol. The molecule has 0 aromatic rings. The van der Waals surface area contributed by atoms with E-state index in [-0.39, 0.29) is 5.97 Å². The Hall–Kier alpha value is -0.570. The molecule has 0 amide bonds. The maximum Gasteiger partial charge on any atom is 0.305 e. The molecule has 1 unspecified atom stereocenters. The number of ether oxygens (including phenoxy) is 1. The molecule has 0 aliphatic heterocycles. The molecule has 0 saturated heterocycles. The van der Waals surface area contributed by atoms with Gasteiger partial charge in [-0.1, -0.05) is 20.3 Å². The van der Waals surface area contributed by atoms with Gasteiger partial charge in [-0.05, 0) is 52.0 Å². The van der Waals surface area contributed by atoms with Crippen molar-refractivity contribution in [3.8, 4) is 0 Å². The molecule has 0 spiro atoms. The van der Waals surface area contributed by atoms with Gasteiger partial charge in [0.1, 0.15) is 0 Å². The molecule has 3 heteroatoms. The molecule has 0 aliphatic carbocycles. The van der Waals surface area contributed by atoms with Crippen molar-refractivity contribution in [3.63, 3.8) is 0 Å². The van der Waals surface area contributed by atoms with Crippen molar-refractivity contribution >= 4 is 5.97 Å². The third-order valence-corrected chi connectivity index (χ3v) is 3.03. The summed E-state index contributed by atoms with van der Waals surface area (Å²) in [4.78, 5) is 11.1. The summed E-state index contributed by atoms with van der Waals surface area (Å²) in [6, 6.07) is 0.609.